The van der Waals surface area contributed by atoms with E-state index in [9.17, 15) is 14.7 Å². The predicted octanol–water partition coefficient (Wildman–Crippen LogP) is 5.10. The molecule has 2 N–H and O–H groups in total. The van der Waals surface area contributed by atoms with Gasteiger partial charge in [0.25, 0.3) is 0 Å². The van der Waals surface area contributed by atoms with E-state index < -0.39 is 12.1 Å². The van der Waals surface area contributed by atoms with Crippen LogP contribution in [0.4, 0.5) is 16.2 Å². The zero-order valence-corrected chi connectivity index (χ0v) is 21.8. The van der Waals surface area contributed by atoms with Gasteiger partial charge in [-0.25, -0.2) is 9.59 Å². The van der Waals surface area contributed by atoms with Crippen LogP contribution < -0.4 is 15.1 Å². The van der Waals surface area contributed by atoms with Crippen molar-refractivity contribution in [3.05, 3.63) is 81.9 Å². The fourth-order valence-corrected chi connectivity index (χ4v) is 6.16. The summed E-state index contributed by atoms with van der Waals surface area (Å²) in [6, 6.07) is 16.5. The van der Waals surface area contributed by atoms with Gasteiger partial charge in [0.15, 0.2) is 0 Å². The van der Waals surface area contributed by atoms with Crippen LogP contribution in [0.15, 0.2) is 48.5 Å². The van der Waals surface area contributed by atoms with E-state index in [2.05, 4.69) is 34.5 Å². The lowest BCUT2D eigenvalue weighted by Gasteiger charge is -2.35. The van der Waals surface area contributed by atoms with Gasteiger partial charge in [-0.2, -0.15) is 0 Å². The molecular formula is C30H33N3O4. The Morgan fingerprint density at radius 1 is 0.946 bits per heavy atom. The first-order chi connectivity index (χ1) is 17.8. The van der Waals surface area contributed by atoms with Crippen LogP contribution in [0.1, 0.15) is 44.1 Å². The van der Waals surface area contributed by atoms with Gasteiger partial charge in [0.05, 0.1) is 11.3 Å². The van der Waals surface area contributed by atoms with Crippen LogP contribution >= 0.6 is 0 Å². The normalized spacial score (nSPS) is 14.8. The van der Waals surface area contributed by atoms with Gasteiger partial charge in [0.1, 0.15) is 6.61 Å². The second kappa shape index (κ2) is 9.90. The zero-order valence-electron chi connectivity index (χ0n) is 21.8. The maximum atomic E-state index is 13.4. The molecule has 1 aliphatic heterocycles. The summed E-state index contributed by atoms with van der Waals surface area (Å²) in [7, 11) is 1.66. The highest BCUT2D eigenvalue weighted by atomic mass is 16.6. The number of nitrogens with zero attached hydrogens (tertiary/aromatic N) is 2. The number of aromatic carboxylic acids is 1. The molecule has 7 nitrogen and oxygen atoms in total. The zero-order chi connectivity index (χ0) is 26.3. The summed E-state index contributed by atoms with van der Waals surface area (Å²) in [6.07, 6.45) is -0.500. The minimum absolute atomic E-state index is 0.0454. The molecule has 7 heteroatoms. The third-order valence-corrected chi connectivity index (χ3v) is 7.76. The van der Waals surface area contributed by atoms with Crippen molar-refractivity contribution in [2.45, 2.75) is 26.7 Å². The summed E-state index contributed by atoms with van der Waals surface area (Å²) in [5, 5.41) is 13.4. The number of hydrogen-bond acceptors (Lipinski definition) is 5. The maximum absolute atomic E-state index is 13.4. The number of hydrogen-bond donors (Lipinski definition) is 2. The number of carboxylic acid groups (broad SMARTS) is 1. The molecule has 5 rings (SSSR count). The number of fused-ring (bicyclic) bond motifs is 3. The van der Waals surface area contributed by atoms with Crippen molar-refractivity contribution in [2.24, 2.45) is 0 Å². The minimum Gasteiger partial charge on any atom is -0.478 e. The number of benzene rings is 3. The molecule has 0 atom stereocenters. The van der Waals surface area contributed by atoms with Gasteiger partial charge in [-0.15, -0.1) is 0 Å². The molecule has 1 saturated heterocycles. The average Bonchev–Trinajstić information content (AvgIpc) is 3.21. The highest BCUT2D eigenvalue weighted by Crippen LogP contribution is 2.45. The van der Waals surface area contributed by atoms with Crippen molar-refractivity contribution in [3.63, 3.8) is 0 Å². The summed E-state index contributed by atoms with van der Waals surface area (Å²) >= 11 is 0. The van der Waals surface area contributed by atoms with Gasteiger partial charge in [0, 0.05) is 44.8 Å². The highest BCUT2D eigenvalue weighted by molar-refractivity contribution is 6.00. The van der Waals surface area contributed by atoms with Crippen molar-refractivity contribution in [1.29, 1.82) is 0 Å². The van der Waals surface area contributed by atoms with Crippen LogP contribution in [0.3, 0.4) is 0 Å². The van der Waals surface area contributed by atoms with Crippen LogP contribution in [0.5, 0.6) is 0 Å². The van der Waals surface area contributed by atoms with Crippen molar-refractivity contribution >= 4 is 23.4 Å². The molecule has 1 amide bonds. The van der Waals surface area contributed by atoms with Gasteiger partial charge in [-0.05, 0) is 59.7 Å². The van der Waals surface area contributed by atoms with E-state index in [1.165, 1.54) is 16.0 Å². The number of carbonyl (C=O) groups is 2. The largest absolute Gasteiger partial charge is 0.478 e. The Morgan fingerprint density at radius 3 is 2.08 bits per heavy atom. The Kier molecular flexibility index (Phi) is 6.65. The quantitative estimate of drug-likeness (QED) is 0.508. The molecule has 1 aliphatic carbocycles. The van der Waals surface area contributed by atoms with Gasteiger partial charge >= 0.3 is 12.1 Å². The van der Waals surface area contributed by atoms with Gasteiger partial charge in [-0.1, -0.05) is 48.5 Å². The van der Waals surface area contributed by atoms with E-state index in [0.29, 0.717) is 11.3 Å². The molecule has 3 aromatic carbocycles. The number of carbonyl (C=O) groups excluding carboxylic acids is 1. The average molecular weight is 500 g/mol. The van der Waals surface area contributed by atoms with Crippen molar-refractivity contribution < 1.29 is 19.4 Å². The number of piperazine rings is 1. The fraction of sp³-hybridized carbons (Fsp3) is 0.333. The van der Waals surface area contributed by atoms with Crippen molar-refractivity contribution in [3.8, 4) is 11.1 Å². The Hall–Kier alpha value is -3.84. The summed E-state index contributed by atoms with van der Waals surface area (Å²) < 4.78 is 5.90. The van der Waals surface area contributed by atoms with Crippen LogP contribution in [-0.4, -0.2) is 57.0 Å². The highest BCUT2D eigenvalue weighted by Gasteiger charge is 2.31. The minimum atomic E-state index is -0.992. The van der Waals surface area contributed by atoms with E-state index in [4.69, 9.17) is 4.74 Å². The standard InChI is InChI=1S/C30H33N3O4/c1-18-26(29(34)35)19(2)28(33-15-13-31-14-16-33)20(3)27(18)32(4)30(36)37-17-25-23-11-7-5-9-21(23)22-10-6-8-12-24(22)25/h5-12,25,31H,13-17H2,1-4H3,(H,34,35). The number of anilines is 2. The first kappa shape index (κ1) is 24.8. The van der Waals surface area contributed by atoms with E-state index >= 15 is 0 Å². The van der Waals surface area contributed by atoms with Crippen LogP contribution in [0.2, 0.25) is 0 Å². The number of ether oxygens (including phenoxy) is 1. The van der Waals surface area contributed by atoms with Crippen molar-refractivity contribution in [1.82, 2.24) is 5.32 Å². The topological polar surface area (TPSA) is 82.1 Å². The Morgan fingerprint density at radius 2 is 1.51 bits per heavy atom. The fourth-order valence-electron chi connectivity index (χ4n) is 6.16. The first-order valence-electron chi connectivity index (χ1n) is 12.7. The van der Waals surface area contributed by atoms with Crippen molar-refractivity contribution in [2.75, 3.05) is 49.6 Å². The van der Waals surface area contributed by atoms with E-state index in [-0.39, 0.29) is 18.1 Å². The Bertz CT molecular complexity index is 1330. The smallest absolute Gasteiger partial charge is 0.414 e. The Balaban J connectivity index is 1.46. The molecule has 0 spiro atoms. The molecule has 2 aliphatic rings. The number of rotatable bonds is 5. The van der Waals surface area contributed by atoms with Crippen LogP contribution in [0, 0.1) is 20.8 Å². The van der Waals surface area contributed by atoms with E-state index in [1.807, 2.05) is 38.1 Å². The molecular weight excluding hydrogens is 466 g/mol. The Labute approximate surface area is 217 Å². The lowest BCUT2D eigenvalue weighted by Crippen LogP contribution is -2.44. The van der Waals surface area contributed by atoms with Gasteiger partial charge in [-0.3, -0.25) is 4.90 Å². The molecule has 0 aromatic heterocycles. The van der Waals surface area contributed by atoms with Crippen LogP contribution in [0.25, 0.3) is 11.1 Å². The second-order valence-electron chi connectivity index (χ2n) is 9.85. The number of carboxylic acids is 1. The van der Waals surface area contributed by atoms with E-state index in [0.717, 1.165) is 54.1 Å². The molecule has 0 bridgehead atoms. The SMILES string of the molecule is Cc1c(C(=O)O)c(C)c(N(C)C(=O)OCC2c3ccccc3-c3ccccc32)c(C)c1N1CCNCC1. The lowest BCUT2D eigenvalue weighted by molar-refractivity contribution is 0.0695. The maximum Gasteiger partial charge on any atom is 0.414 e. The third-order valence-electron chi connectivity index (χ3n) is 7.76. The molecule has 37 heavy (non-hydrogen) atoms. The summed E-state index contributed by atoms with van der Waals surface area (Å²) in [5.74, 6) is -1.04. The third kappa shape index (κ3) is 4.23. The lowest BCUT2D eigenvalue weighted by atomic mass is 9.93. The van der Waals surface area contributed by atoms with Gasteiger partial charge < -0.3 is 20.1 Å². The molecule has 3 aromatic rings. The number of amides is 1. The molecule has 1 fully saturated rings. The summed E-state index contributed by atoms with van der Waals surface area (Å²) in [4.78, 5) is 29.4. The van der Waals surface area contributed by atoms with Crippen LogP contribution in [-0.2, 0) is 4.74 Å². The second-order valence-corrected chi connectivity index (χ2v) is 9.85. The first-order valence-corrected chi connectivity index (χ1v) is 12.7. The molecule has 0 saturated carbocycles. The summed E-state index contributed by atoms with van der Waals surface area (Å²) in [6.45, 7) is 9.00. The molecule has 1 heterocycles. The van der Waals surface area contributed by atoms with Gasteiger partial charge in [0.2, 0.25) is 0 Å². The molecule has 192 valence electrons. The van der Waals surface area contributed by atoms with E-state index in [1.54, 1.807) is 14.0 Å². The number of nitrogens with one attached hydrogen (secondary N) is 1. The summed E-state index contributed by atoms with van der Waals surface area (Å²) in [5.41, 5.74) is 8.55. The molecule has 0 unspecified atom stereocenters. The predicted molar refractivity (Wildman–Crippen MR) is 146 cm³/mol. The monoisotopic (exact) mass is 499 g/mol. The molecule has 0 radical (unpaired) electrons.